The third kappa shape index (κ3) is 3.68. The molecule has 2 aliphatic rings. The Hall–Kier alpha value is -1.70. The van der Waals surface area contributed by atoms with Crippen molar-refractivity contribution in [1.82, 2.24) is 9.80 Å². The fourth-order valence-electron chi connectivity index (χ4n) is 3.46. The van der Waals surface area contributed by atoms with E-state index in [-0.39, 0.29) is 12.1 Å². The van der Waals surface area contributed by atoms with Crippen LogP contribution in [0.3, 0.4) is 0 Å². The Kier molecular flexibility index (Phi) is 5.33. The van der Waals surface area contributed by atoms with Gasteiger partial charge in [-0.3, -0.25) is 9.69 Å². The molecule has 0 aromatic heterocycles. The summed E-state index contributed by atoms with van der Waals surface area (Å²) >= 11 is 0. The largest absolute Gasteiger partial charge is 0.380 e. The fourth-order valence-corrected chi connectivity index (χ4v) is 3.46. The van der Waals surface area contributed by atoms with Gasteiger partial charge in [-0.05, 0) is 31.7 Å². The number of hydrogen-bond acceptors (Lipinski definition) is 5. The number of rotatable bonds is 4. The number of anilines is 1. The van der Waals surface area contributed by atoms with Crippen LogP contribution in [-0.2, 0) is 4.74 Å². The van der Waals surface area contributed by atoms with Crippen molar-refractivity contribution in [3.05, 3.63) is 29.8 Å². The summed E-state index contributed by atoms with van der Waals surface area (Å²) in [5.41, 5.74) is 6.00. The summed E-state index contributed by atoms with van der Waals surface area (Å²) in [7, 11) is 2.10. The van der Waals surface area contributed by atoms with Gasteiger partial charge in [-0.15, -0.1) is 0 Å². The van der Waals surface area contributed by atoms with Gasteiger partial charge in [-0.1, -0.05) is 10.5 Å². The van der Waals surface area contributed by atoms with E-state index in [9.17, 15) is 4.79 Å². The second-order valence-corrected chi connectivity index (χ2v) is 6.56. The third-order valence-corrected chi connectivity index (χ3v) is 4.97. The first-order valence-electron chi connectivity index (χ1n) is 8.41. The lowest BCUT2D eigenvalue weighted by molar-refractivity contribution is -0.0191. The zero-order chi connectivity index (χ0) is 17.1. The van der Waals surface area contributed by atoms with E-state index in [1.807, 2.05) is 0 Å². The van der Waals surface area contributed by atoms with Crippen LogP contribution >= 0.6 is 0 Å². The van der Waals surface area contributed by atoms with E-state index < -0.39 is 5.91 Å². The van der Waals surface area contributed by atoms with Crippen LogP contribution < -0.4 is 10.9 Å². The number of carbonyl (C=O) groups is 1. The molecule has 0 bridgehead atoms. The lowest BCUT2D eigenvalue weighted by Crippen LogP contribution is -2.59. The van der Waals surface area contributed by atoms with Crippen LogP contribution in [0, 0.1) is 0 Å². The molecule has 7 heteroatoms. The summed E-state index contributed by atoms with van der Waals surface area (Å²) in [6.45, 7) is 4.86. The maximum absolute atomic E-state index is 15.1. The Bertz CT molecular complexity index is 577. The van der Waals surface area contributed by atoms with E-state index >= 15 is 4.48 Å². The van der Waals surface area contributed by atoms with Crippen molar-refractivity contribution in [2.24, 2.45) is 5.73 Å². The summed E-state index contributed by atoms with van der Waals surface area (Å²) in [5.74, 6) is -0.548. The smallest absolute Gasteiger partial charge is 0.248 e. The topological polar surface area (TPSA) is 62.0 Å². The molecule has 0 spiro atoms. The van der Waals surface area contributed by atoms with Crippen LogP contribution in [0.4, 0.5) is 10.2 Å². The quantitative estimate of drug-likeness (QED) is 0.827. The molecule has 6 nitrogen and oxygen atoms in total. The van der Waals surface area contributed by atoms with Crippen molar-refractivity contribution < 1.29 is 14.0 Å². The fraction of sp³-hybridized carbons (Fsp3) is 0.588. The average Bonchev–Trinajstić information content (AvgIpc) is 2.62. The number of piperazine rings is 1. The third-order valence-electron chi connectivity index (χ3n) is 4.97. The molecule has 0 saturated carbocycles. The predicted molar refractivity (Wildman–Crippen MR) is 90.6 cm³/mol. The van der Waals surface area contributed by atoms with Crippen LogP contribution in [0.25, 0.3) is 0 Å². The van der Waals surface area contributed by atoms with E-state index in [0.717, 1.165) is 31.3 Å². The van der Waals surface area contributed by atoms with E-state index in [1.165, 1.54) is 6.07 Å². The van der Waals surface area contributed by atoms with Gasteiger partial charge < -0.3 is 15.4 Å². The molecule has 1 amide bonds. The van der Waals surface area contributed by atoms with Gasteiger partial charge in [0.2, 0.25) is 5.91 Å². The van der Waals surface area contributed by atoms with E-state index in [2.05, 4.69) is 16.8 Å². The summed E-state index contributed by atoms with van der Waals surface area (Å²) < 4.78 is 20.8. The molecule has 3 rings (SSSR count). The molecule has 2 unspecified atom stereocenters. The highest BCUT2D eigenvalue weighted by molar-refractivity contribution is 5.93. The second-order valence-electron chi connectivity index (χ2n) is 6.56. The number of nitrogens with zero attached hydrogens (tertiary/aromatic N) is 3. The Morgan fingerprint density at radius 2 is 2.08 bits per heavy atom. The predicted octanol–water partition coefficient (Wildman–Crippen LogP) is 0.881. The zero-order valence-corrected chi connectivity index (χ0v) is 14.0. The zero-order valence-electron chi connectivity index (χ0n) is 14.0. The highest BCUT2D eigenvalue weighted by Crippen LogP contribution is 2.27. The van der Waals surface area contributed by atoms with E-state index in [0.29, 0.717) is 30.9 Å². The van der Waals surface area contributed by atoms with E-state index in [1.54, 1.807) is 18.2 Å². The van der Waals surface area contributed by atoms with Crippen molar-refractivity contribution >= 4 is 11.6 Å². The maximum Gasteiger partial charge on any atom is 0.248 e. The second kappa shape index (κ2) is 7.46. The first-order valence-corrected chi connectivity index (χ1v) is 8.41. The van der Waals surface area contributed by atoms with Crippen molar-refractivity contribution in [3.63, 3.8) is 0 Å². The Morgan fingerprint density at radius 1 is 1.33 bits per heavy atom. The normalized spacial score (nSPS) is 26.2. The first-order chi connectivity index (χ1) is 11.6. The molecule has 24 heavy (non-hydrogen) atoms. The number of amides is 1. The summed E-state index contributed by atoms with van der Waals surface area (Å²) in [5, 5.41) is 0.790. The molecular weight excluding hydrogens is 311 g/mol. The van der Waals surface area contributed by atoms with Gasteiger partial charge in [0.05, 0.1) is 24.4 Å². The molecule has 2 fully saturated rings. The number of nitrogens with two attached hydrogens (primary N) is 1. The SMILES string of the molecule is CN1CCN(C2COCCC2N(F)c2cccc(C(N)=O)c2)CC1. The minimum absolute atomic E-state index is 0.00897. The molecule has 0 radical (unpaired) electrons. The molecule has 1 aromatic carbocycles. The van der Waals surface area contributed by atoms with Crippen molar-refractivity contribution in [3.8, 4) is 0 Å². The monoisotopic (exact) mass is 336 g/mol. The molecule has 1 aromatic rings. The van der Waals surface area contributed by atoms with Crippen LogP contribution in [0.5, 0.6) is 0 Å². The van der Waals surface area contributed by atoms with Crippen molar-refractivity contribution in [2.75, 3.05) is 51.6 Å². The molecule has 132 valence electrons. The molecule has 2 aliphatic heterocycles. The lowest BCUT2D eigenvalue weighted by Gasteiger charge is -2.44. The minimum Gasteiger partial charge on any atom is -0.380 e. The van der Waals surface area contributed by atoms with Crippen LogP contribution in [-0.4, -0.2) is 74.2 Å². The standard InChI is InChI=1S/C17H25FN4O2/c1-20-6-8-21(9-7-20)16-12-24-10-5-15(16)22(18)14-4-2-3-13(11-14)17(19)23/h2-4,11,15-16H,5-10,12H2,1H3,(H2,19,23). The Morgan fingerprint density at radius 3 is 2.79 bits per heavy atom. The van der Waals surface area contributed by atoms with Crippen LogP contribution in [0.2, 0.25) is 0 Å². The number of benzene rings is 1. The highest BCUT2D eigenvalue weighted by Gasteiger charge is 2.36. The molecule has 2 atom stereocenters. The number of primary amides is 1. The summed E-state index contributed by atoms with van der Waals surface area (Å²) in [4.78, 5) is 15.9. The van der Waals surface area contributed by atoms with E-state index in [4.69, 9.17) is 10.5 Å². The van der Waals surface area contributed by atoms with Gasteiger partial charge in [0, 0.05) is 38.3 Å². The number of hydrogen-bond donors (Lipinski definition) is 1. The van der Waals surface area contributed by atoms with Gasteiger partial charge in [0.1, 0.15) is 0 Å². The molecule has 0 aliphatic carbocycles. The maximum atomic E-state index is 15.1. The minimum atomic E-state index is -0.548. The Labute approximate surface area is 141 Å². The number of carbonyl (C=O) groups excluding carboxylic acids is 1. The molecule has 2 heterocycles. The van der Waals surface area contributed by atoms with Gasteiger partial charge in [-0.25, -0.2) is 5.12 Å². The van der Waals surface area contributed by atoms with Crippen molar-refractivity contribution in [1.29, 1.82) is 0 Å². The number of likely N-dealkylation sites (N-methyl/N-ethyl adjacent to an activating group) is 1. The van der Waals surface area contributed by atoms with Crippen LogP contribution in [0.15, 0.2) is 24.3 Å². The first kappa shape index (κ1) is 17.1. The highest BCUT2D eigenvalue weighted by atomic mass is 19.2. The van der Waals surface area contributed by atoms with Crippen LogP contribution in [0.1, 0.15) is 16.8 Å². The number of ether oxygens (including phenoxy) is 1. The van der Waals surface area contributed by atoms with Gasteiger partial charge >= 0.3 is 0 Å². The lowest BCUT2D eigenvalue weighted by atomic mass is 10.00. The number of halogens is 1. The van der Waals surface area contributed by atoms with Crippen molar-refractivity contribution in [2.45, 2.75) is 18.5 Å². The van der Waals surface area contributed by atoms with Gasteiger partial charge in [0.25, 0.3) is 0 Å². The molecule has 2 saturated heterocycles. The summed E-state index contributed by atoms with van der Waals surface area (Å²) in [6.07, 6.45) is 0.619. The van der Waals surface area contributed by atoms with Gasteiger partial charge in [-0.2, -0.15) is 0 Å². The molecule has 2 N–H and O–H groups in total. The Balaban J connectivity index is 1.77. The molecular formula is C17H25FN4O2. The average molecular weight is 336 g/mol. The summed E-state index contributed by atoms with van der Waals surface area (Å²) in [6, 6.07) is 6.16. The van der Waals surface area contributed by atoms with Gasteiger partial charge in [0.15, 0.2) is 0 Å².